The number of piperidine rings is 1. The van der Waals surface area contributed by atoms with Crippen LogP contribution in [0, 0.1) is 0 Å². The normalized spacial score (nSPS) is 32.0. The molecule has 0 radical (unpaired) electrons. The minimum absolute atomic E-state index is 0. The lowest BCUT2D eigenvalue weighted by Gasteiger charge is -2.47. The van der Waals surface area contributed by atoms with Gasteiger partial charge in [0.1, 0.15) is 5.60 Å². The second kappa shape index (κ2) is 7.53. The standard InChI is InChI=1S/C15H26N2O2S.ClH/c1-19-15(6-8-16-9-7-15)14(18)17-10-11-20-13-5-3-2-4-12(13)17;/h12-13,16H,2-11H2,1H3;1H. The van der Waals surface area contributed by atoms with Crippen LogP contribution in [0.4, 0.5) is 0 Å². The van der Waals surface area contributed by atoms with E-state index in [0.29, 0.717) is 11.3 Å². The smallest absolute Gasteiger partial charge is 0.255 e. The van der Waals surface area contributed by atoms with Gasteiger partial charge in [0.2, 0.25) is 0 Å². The molecule has 1 aliphatic carbocycles. The van der Waals surface area contributed by atoms with Gasteiger partial charge in [0, 0.05) is 30.7 Å². The second-order valence-electron chi connectivity index (χ2n) is 6.21. The third kappa shape index (κ3) is 3.36. The number of amides is 1. The summed E-state index contributed by atoms with van der Waals surface area (Å²) < 4.78 is 5.74. The highest BCUT2D eigenvalue weighted by Gasteiger charge is 2.46. The molecule has 122 valence electrons. The third-order valence-corrected chi connectivity index (χ3v) is 6.58. The SMILES string of the molecule is COC1(C(=O)N2CCSC3CCCCC32)CCNCC1.Cl. The van der Waals surface area contributed by atoms with Crippen LogP contribution in [0.5, 0.6) is 0 Å². The summed E-state index contributed by atoms with van der Waals surface area (Å²) in [5, 5.41) is 4.00. The van der Waals surface area contributed by atoms with Crippen LogP contribution in [0.3, 0.4) is 0 Å². The number of thioether (sulfide) groups is 1. The first-order chi connectivity index (χ1) is 9.77. The van der Waals surface area contributed by atoms with Crippen molar-refractivity contribution in [2.45, 2.75) is 55.4 Å². The summed E-state index contributed by atoms with van der Waals surface area (Å²) in [7, 11) is 1.71. The van der Waals surface area contributed by atoms with Crippen LogP contribution in [-0.2, 0) is 9.53 Å². The fourth-order valence-electron chi connectivity index (χ4n) is 3.95. The van der Waals surface area contributed by atoms with E-state index in [1.54, 1.807) is 7.11 Å². The Labute approximate surface area is 138 Å². The Hall–Kier alpha value is 0.0300. The van der Waals surface area contributed by atoms with Crippen molar-refractivity contribution >= 4 is 30.1 Å². The number of ether oxygens (including phenoxy) is 1. The Bertz CT molecular complexity index is 362. The van der Waals surface area contributed by atoms with E-state index in [2.05, 4.69) is 22.0 Å². The van der Waals surface area contributed by atoms with Crippen molar-refractivity contribution in [1.82, 2.24) is 10.2 Å². The lowest BCUT2D eigenvalue weighted by atomic mass is 9.87. The maximum absolute atomic E-state index is 13.1. The number of hydrogen-bond donors (Lipinski definition) is 1. The predicted molar refractivity (Wildman–Crippen MR) is 89.3 cm³/mol. The Morgan fingerprint density at radius 2 is 2.00 bits per heavy atom. The molecule has 2 atom stereocenters. The molecule has 1 N–H and O–H groups in total. The average molecular weight is 335 g/mol. The van der Waals surface area contributed by atoms with E-state index in [1.807, 2.05) is 0 Å². The van der Waals surface area contributed by atoms with Crippen LogP contribution in [0.2, 0.25) is 0 Å². The van der Waals surface area contributed by atoms with Crippen molar-refractivity contribution in [3.63, 3.8) is 0 Å². The number of halogens is 1. The third-order valence-electron chi connectivity index (χ3n) is 5.18. The number of nitrogens with zero attached hydrogens (tertiary/aromatic N) is 1. The molecule has 2 saturated heterocycles. The number of carbonyl (C=O) groups excluding carboxylic acids is 1. The van der Waals surface area contributed by atoms with Crippen LogP contribution in [0.1, 0.15) is 38.5 Å². The molecule has 2 heterocycles. The largest absolute Gasteiger partial charge is 0.368 e. The lowest BCUT2D eigenvalue weighted by molar-refractivity contribution is -0.161. The summed E-state index contributed by atoms with van der Waals surface area (Å²) in [4.78, 5) is 15.3. The highest BCUT2D eigenvalue weighted by Crippen LogP contribution is 2.37. The van der Waals surface area contributed by atoms with Crippen LogP contribution < -0.4 is 5.32 Å². The van der Waals surface area contributed by atoms with Gasteiger partial charge in [0.15, 0.2) is 0 Å². The molecule has 1 saturated carbocycles. The minimum atomic E-state index is -0.560. The molecule has 0 aromatic heterocycles. The quantitative estimate of drug-likeness (QED) is 0.839. The van der Waals surface area contributed by atoms with E-state index in [4.69, 9.17) is 4.74 Å². The zero-order chi connectivity index (χ0) is 14.0. The fourth-order valence-corrected chi connectivity index (χ4v) is 5.39. The number of carbonyl (C=O) groups is 1. The van der Waals surface area contributed by atoms with E-state index < -0.39 is 5.60 Å². The van der Waals surface area contributed by atoms with Crippen LogP contribution in [-0.4, -0.2) is 60.2 Å². The Morgan fingerprint density at radius 3 is 2.71 bits per heavy atom. The summed E-state index contributed by atoms with van der Waals surface area (Å²) in [5.74, 6) is 1.35. The van der Waals surface area contributed by atoms with E-state index in [9.17, 15) is 4.79 Å². The molecule has 3 fully saturated rings. The molecule has 0 aromatic rings. The number of rotatable bonds is 2. The van der Waals surface area contributed by atoms with Crippen molar-refractivity contribution in [2.24, 2.45) is 0 Å². The summed E-state index contributed by atoms with van der Waals surface area (Å²) >= 11 is 2.07. The summed E-state index contributed by atoms with van der Waals surface area (Å²) in [6.07, 6.45) is 6.68. The van der Waals surface area contributed by atoms with Crippen LogP contribution in [0.25, 0.3) is 0 Å². The summed E-state index contributed by atoms with van der Waals surface area (Å²) in [6.45, 7) is 2.68. The highest BCUT2D eigenvalue weighted by molar-refractivity contribution is 8.00. The van der Waals surface area contributed by atoms with Gasteiger partial charge in [-0.25, -0.2) is 0 Å². The van der Waals surface area contributed by atoms with E-state index in [0.717, 1.165) is 38.2 Å². The van der Waals surface area contributed by atoms with Crippen molar-refractivity contribution < 1.29 is 9.53 Å². The Kier molecular flexibility index (Phi) is 6.24. The van der Waals surface area contributed by atoms with E-state index in [-0.39, 0.29) is 18.3 Å². The van der Waals surface area contributed by atoms with Gasteiger partial charge in [-0.15, -0.1) is 12.4 Å². The average Bonchev–Trinajstić information content (AvgIpc) is 2.54. The van der Waals surface area contributed by atoms with Crippen molar-refractivity contribution in [2.75, 3.05) is 32.5 Å². The maximum Gasteiger partial charge on any atom is 0.255 e. The molecule has 2 unspecified atom stereocenters. The van der Waals surface area contributed by atoms with Gasteiger partial charge in [-0.2, -0.15) is 11.8 Å². The maximum atomic E-state index is 13.1. The first-order valence-corrected chi connectivity index (χ1v) is 9.00. The van der Waals surface area contributed by atoms with Gasteiger partial charge in [0.05, 0.1) is 0 Å². The molecule has 3 rings (SSSR count). The van der Waals surface area contributed by atoms with Gasteiger partial charge in [-0.05, 0) is 38.8 Å². The zero-order valence-corrected chi connectivity index (χ0v) is 14.4. The van der Waals surface area contributed by atoms with Gasteiger partial charge in [-0.3, -0.25) is 4.79 Å². The highest BCUT2D eigenvalue weighted by atomic mass is 35.5. The van der Waals surface area contributed by atoms with Crippen molar-refractivity contribution in [3.05, 3.63) is 0 Å². The molecule has 1 amide bonds. The van der Waals surface area contributed by atoms with Gasteiger partial charge < -0.3 is 15.0 Å². The molecule has 21 heavy (non-hydrogen) atoms. The summed E-state index contributed by atoms with van der Waals surface area (Å²) in [5.41, 5.74) is -0.560. The summed E-state index contributed by atoms with van der Waals surface area (Å²) in [6, 6.07) is 0.455. The topological polar surface area (TPSA) is 41.6 Å². The number of fused-ring (bicyclic) bond motifs is 1. The minimum Gasteiger partial charge on any atom is -0.368 e. The number of nitrogens with one attached hydrogen (secondary N) is 1. The molecule has 0 spiro atoms. The van der Waals surface area contributed by atoms with Gasteiger partial charge in [0.25, 0.3) is 5.91 Å². The lowest BCUT2D eigenvalue weighted by Crippen LogP contribution is -2.61. The number of hydrogen-bond acceptors (Lipinski definition) is 4. The fraction of sp³-hybridized carbons (Fsp3) is 0.933. The zero-order valence-electron chi connectivity index (χ0n) is 12.8. The first kappa shape index (κ1) is 17.4. The van der Waals surface area contributed by atoms with E-state index >= 15 is 0 Å². The first-order valence-electron chi connectivity index (χ1n) is 7.95. The molecule has 0 aromatic carbocycles. The molecule has 3 aliphatic rings. The van der Waals surface area contributed by atoms with E-state index in [1.165, 1.54) is 25.7 Å². The van der Waals surface area contributed by atoms with Crippen LogP contribution in [0.15, 0.2) is 0 Å². The van der Waals surface area contributed by atoms with Gasteiger partial charge >= 0.3 is 0 Å². The molecule has 0 bridgehead atoms. The Morgan fingerprint density at radius 1 is 1.29 bits per heavy atom. The van der Waals surface area contributed by atoms with Crippen molar-refractivity contribution in [3.8, 4) is 0 Å². The molecular formula is C15H27ClN2O2S. The second-order valence-corrected chi connectivity index (χ2v) is 7.56. The van der Waals surface area contributed by atoms with Crippen molar-refractivity contribution in [1.29, 1.82) is 0 Å². The van der Waals surface area contributed by atoms with Gasteiger partial charge in [-0.1, -0.05) is 12.8 Å². The monoisotopic (exact) mass is 334 g/mol. The molecule has 2 aliphatic heterocycles. The Balaban J connectivity index is 0.00000161. The molecule has 6 heteroatoms. The van der Waals surface area contributed by atoms with Crippen LogP contribution >= 0.6 is 24.2 Å². The predicted octanol–water partition coefficient (Wildman–Crippen LogP) is 2.06. The molecular weight excluding hydrogens is 308 g/mol. The number of methoxy groups -OCH3 is 1. The molecule has 4 nitrogen and oxygen atoms in total.